The summed E-state index contributed by atoms with van der Waals surface area (Å²) in [6.45, 7) is 4.41. The van der Waals surface area contributed by atoms with Crippen LogP contribution in [-0.4, -0.2) is 48.6 Å². The summed E-state index contributed by atoms with van der Waals surface area (Å²) in [6, 6.07) is 0.601. The molecular formula is C15H23N3O2S. The number of hydrogen-bond acceptors (Lipinski definition) is 6. The second-order valence-corrected chi connectivity index (χ2v) is 6.91. The number of thiazole rings is 1. The molecule has 2 heterocycles. The molecule has 1 aliphatic heterocycles. The van der Waals surface area contributed by atoms with E-state index >= 15 is 0 Å². The summed E-state index contributed by atoms with van der Waals surface area (Å²) in [6.07, 6.45) is 4.32. The van der Waals surface area contributed by atoms with Crippen LogP contribution in [0.15, 0.2) is 0 Å². The van der Waals surface area contributed by atoms with Gasteiger partial charge in [-0.15, -0.1) is 11.3 Å². The van der Waals surface area contributed by atoms with Gasteiger partial charge in [-0.2, -0.15) is 0 Å². The molecule has 1 fully saturated rings. The quantitative estimate of drug-likeness (QED) is 0.846. The molecule has 0 spiro atoms. The van der Waals surface area contributed by atoms with E-state index in [2.05, 4.69) is 22.2 Å². The molecule has 5 nitrogen and oxygen atoms in total. The van der Waals surface area contributed by atoms with Crippen molar-refractivity contribution in [3.05, 3.63) is 10.6 Å². The molecule has 0 saturated carbocycles. The molecule has 0 aromatic carbocycles. The van der Waals surface area contributed by atoms with Crippen molar-refractivity contribution >= 4 is 22.4 Å². The Morgan fingerprint density at radius 1 is 1.52 bits per heavy atom. The van der Waals surface area contributed by atoms with E-state index < -0.39 is 0 Å². The maximum absolute atomic E-state index is 11.9. The van der Waals surface area contributed by atoms with Crippen molar-refractivity contribution in [1.82, 2.24) is 9.88 Å². The van der Waals surface area contributed by atoms with Crippen LogP contribution in [0, 0.1) is 0 Å². The Balaban J connectivity index is 1.62. The van der Waals surface area contributed by atoms with Gasteiger partial charge in [0.2, 0.25) is 0 Å². The van der Waals surface area contributed by atoms with Gasteiger partial charge in [0.1, 0.15) is 5.92 Å². The van der Waals surface area contributed by atoms with Crippen LogP contribution in [0.1, 0.15) is 42.7 Å². The fraction of sp³-hybridized carbons (Fsp3) is 0.733. The van der Waals surface area contributed by atoms with Gasteiger partial charge in [0, 0.05) is 17.5 Å². The van der Waals surface area contributed by atoms with E-state index in [1.165, 1.54) is 24.3 Å². The van der Waals surface area contributed by atoms with E-state index in [1.807, 2.05) is 6.92 Å². The zero-order valence-corrected chi connectivity index (χ0v) is 13.5. The predicted molar refractivity (Wildman–Crippen MR) is 84.0 cm³/mol. The van der Waals surface area contributed by atoms with Crippen molar-refractivity contribution in [1.29, 1.82) is 0 Å². The fourth-order valence-corrected chi connectivity index (χ4v) is 4.26. The van der Waals surface area contributed by atoms with Crippen LogP contribution in [-0.2, 0) is 16.0 Å². The number of likely N-dealkylation sites (tertiary alicyclic amines) is 1. The van der Waals surface area contributed by atoms with Gasteiger partial charge in [0.15, 0.2) is 5.13 Å². The lowest BCUT2D eigenvalue weighted by atomic mass is 10.1. The Hall–Kier alpha value is -1.14. The van der Waals surface area contributed by atoms with Crippen molar-refractivity contribution in [3.8, 4) is 0 Å². The number of aromatic nitrogens is 1. The Labute approximate surface area is 129 Å². The number of nitrogens with zero attached hydrogens (tertiary/aromatic N) is 2. The molecule has 21 heavy (non-hydrogen) atoms. The molecule has 1 aromatic rings. The summed E-state index contributed by atoms with van der Waals surface area (Å²) in [5.74, 6) is -0.274. The van der Waals surface area contributed by atoms with Crippen molar-refractivity contribution < 1.29 is 9.53 Å². The first kappa shape index (κ1) is 14.8. The van der Waals surface area contributed by atoms with Gasteiger partial charge in [-0.05, 0) is 46.2 Å². The van der Waals surface area contributed by atoms with E-state index in [0.717, 1.165) is 30.2 Å². The number of anilines is 1. The molecule has 6 heteroatoms. The average Bonchev–Trinajstić information content (AvgIpc) is 3.11. The third kappa shape index (κ3) is 3.06. The number of likely N-dealkylation sites (N-methyl/N-ethyl adjacent to an activating group) is 1. The minimum absolute atomic E-state index is 0.122. The van der Waals surface area contributed by atoms with Crippen LogP contribution in [0.3, 0.4) is 0 Å². The molecule has 116 valence electrons. The number of esters is 1. The van der Waals surface area contributed by atoms with Gasteiger partial charge in [0.25, 0.3) is 0 Å². The van der Waals surface area contributed by atoms with Gasteiger partial charge in [0.05, 0.1) is 12.3 Å². The highest BCUT2D eigenvalue weighted by molar-refractivity contribution is 7.15. The van der Waals surface area contributed by atoms with E-state index in [0.29, 0.717) is 12.6 Å². The molecule has 2 aliphatic rings. The summed E-state index contributed by atoms with van der Waals surface area (Å²) in [4.78, 5) is 20.2. The number of fused-ring (bicyclic) bond motifs is 1. The first-order chi connectivity index (χ1) is 10.2. The smallest absolute Gasteiger partial charge is 0.315 e. The third-order valence-electron chi connectivity index (χ3n) is 4.45. The molecule has 1 aromatic heterocycles. The molecule has 2 unspecified atom stereocenters. The first-order valence-electron chi connectivity index (χ1n) is 7.79. The number of carbonyl (C=O) groups excluding carboxylic acids is 1. The van der Waals surface area contributed by atoms with Gasteiger partial charge >= 0.3 is 5.97 Å². The maximum atomic E-state index is 11.9. The van der Waals surface area contributed by atoms with Crippen LogP contribution in [0.4, 0.5) is 5.13 Å². The van der Waals surface area contributed by atoms with Crippen molar-refractivity contribution in [3.63, 3.8) is 0 Å². The second kappa shape index (κ2) is 6.32. The van der Waals surface area contributed by atoms with E-state index in [1.54, 1.807) is 11.3 Å². The topological polar surface area (TPSA) is 54.5 Å². The summed E-state index contributed by atoms with van der Waals surface area (Å²) in [5, 5.41) is 4.40. The molecule has 1 saturated heterocycles. The van der Waals surface area contributed by atoms with Crippen LogP contribution >= 0.6 is 11.3 Å². The molecule has 1 N–H and O–H groups in total. The zero-order valence-electron chi connectivity index (χ0n) is 12.7. The van der Waals surface area contributed by atoms with Crippen LogP contribution < -0.4 is 5.32 Å². The van der Waals surface area contributed by atoms with Crippen molar-refractivity contribution in [2.24, 2.45) is 0 Å². The molecule has 0 amide bonds. The average molecular weight is 309 g/mol. The highest BCUT2D eigenvalue weighted by Gasteiger charge is 2.33. The number of nitrogens with one attached hydrogen (secondary N) is 1. The minimum Gasteiger partial charge on any atom is -0.465 e. The number of ether oxygens (including phenoxy) is 1. The minimum atomic E-state index is -0.152. The van der Waals surface area contributed by atoms with Crippen molar-refractivity contribution in [2.45, 2.75) is 44.6 Å². The van der Waals surface area contributed by atoms with Gasteiger partial charge in [-0.3, -0.25) is 4.79 Å². The molecule has 3 rings (SSSR count). The lowest BCUT2D eigenvalue weighted by Gasteiger charge is -2.19. The lowest BCUT2D eigenvalue weighted by molar-refractivity contribution is -0.145. The van der Waals surface area contributed by atoms with E-state index in [-0.39, 0.29) is 11.9 Å². The van der Waals surface area contributed by atoms with E-state index in [9.17, 15) is 4.79 Å². The SMILES string of the molecule is CCOC(=O)C1CCc2sc(NCC3CCCN3C)nc21. The number of rotatable bonds is 5. The van der Waals surface area contributed by atoms with Crippen molar-refractivity contribution in [2.75, 3.05) is 32.1 Å². The number of aryl methyl sites for hydroxylation is 1. The Morgan fingerprint density at radius 3 is 3.10 bits per heavy atom. The molecule has 2 atom stereocenters. The summed E-state index contributed by atoms with van der Waals surface area (Å²) >= 11 is 1.70. The molecule has 0 radical (unpaired) electrons. The first-order valence-corrected chi connectivity index (χ1v) is 8.61. The largest absolute Gasteiger partial charge is 0.465 e. The van der Waals surface area contributed by atoms with Crippen LogP contribution in [0.25, 0.3) is 0 Å². The predicted octanol–water partition coefficient (Wildman–Crippen LogP) is 2.24. The second-order valence-electron chi connectivity index (χ2n) is 5.83. The van der Waals surface area contributed by atoms with Gasteiger partial charge in [-0.1, -0.05) is 0 Å². The fourth-order valence-electron chi connectivity index (χ4n) is 3.22. The normalized spacial score (nSPS) is 25.0. The highest BCUT2D eigenvalue weighted by Crippen LogP contribution is 2.39. The molecular weight excluding hydrogens is 286 g/mol. The highest BCUT2D eigenvalue weighted by atomic mass is 32.1. The third-order valence-corrected chi connectivity index (χ3v) is 5.54. The number of carbonyl (C=O) groups is 1. The zero-order chi connectivity index (χ0) is 14.8. The monoisotopic (exact) mass is 309 g/mol. The maximum Gasteiger partial charge on any atom is 0.315 e. The Morgan fingerprint density at radius 2 is 2.38 bits per heavy atom. The Bertz CT molecular complexity index is 517. The van der Waals surface area contributed by atoms with Crippen LogP contribution in [0.2, 0.25) is 0 Å². The van der Waals surface area contributed by atoms with Crippen LogP contribution in [0.5, 0.6) is 0 Å². The van der Waals surface area contributed by atoms with E-state index in [4.69, 9.17) is 4.74 Å². The summed E-state index contributed by atoms with van der Waals surface area (Å²) in [7, 11) is 2.18. The van der Waals surface area contributed by atoms with Gasteiger partial charge < -0.3 is 15.0 Å². The standard InChI is InChI=1S/C15H23N3O2S/c1-3-20-14(19)11-6-7-12-13(11)17-15(21-12)16-9-10-5-4-8-18(10)2/h10-11H,3-9H2,1-2H3,(H,16,17). The summed E-state index contributed by atoms with van der Waals surface area (Å²) in [5.41, 5.74) is 0.945. The summed E-state index contributed by atoms with van der Waals surface area (Å²) < 4.78 is 5.15. The molecule has 0 bridgehead atoms. The Kier molecular flexibility index (Phi) is 4.45. The van der Waals surface area contributed by atoms with Gasteiger partial charge in [-0.25, -0.2) is 4.98 Å². The molecule has 1 aliphatic carbocycles. The number of hydrogen-bond donors (Lipinski definition) is 1. The lowest BCUT2D eigenvalue weighted by Crippen LogP contribution is -2.31.